The van der Waals surface area contributed by atoms with Crippen LogP contribution in [0.1, 0.15) is 11.1 Å². The third-order valence-electron chi connectivity index (χ3n) is 2.97. The average Bonchev–Trinajstić information content (AvgIpc) is 2.51. The standard InChI is InChI=1S/C17H19BrO4/c1-19-11-21-16-9-13(8-15(18)10-16)7-14-5-3-4-6-17(14)22-12-20-2/h3-6,8-10H,7,11-12H2,1-2H3. The van der Waals surface area contributed by atoms with Crippen LogP contribution in [0.4, 0.5) is 0 Å². The molecule has 0 heterocycles. The number of rotatable bonds is 8. The highest BCUT2D eigenvalue weighted by atomic mass is 79.9. The molecule has 0 amide bonds. The number of hydrogen-bond donors (Lipinski definition) is 0. The molecule has 22 heavy (non-hydrogen) atoms. The second-order valence-electron chi connectivity index (χ2n) is 4.68. The van der Waals surface area contributed by atoms with Crippen molar-refractivity contribution >= 4 is 15.9 Å². The molecular weight excluding hydrogens is 348 g/mol. The molecule has 0 aliphatic carbocycles. The van der Waals surface area contributed by atoms with Gasteiger partial charge in [-0.3, -0.25) is 0 Å². The highest BCUT2D eigenvalue weighted by Crippen LogP contribution is 2.26. The van der Waals surface area contributed by atoms with Crippen LogP contribution in [0.2, 0.25) is 0 Å². The minimum atomic E-state index is 0.226. The normalized spacial score (nSPS) is 10.5. The molecule has 0 unspecified atom stereocenters. The van der Waals surface area contributed by atoms with Crippen LogP contribution in [0.3, 0.4) is 0 Å². The molecule has 0 aliphatic heterocycles. The topological polar surface area (TPSA) is 36.9 Å². The Hall–Kier alpha value is -1.56. The molecule has 4 nitrogen and oxygen atoms in total. The second kappa shape index (κ2) is 8.78. The number of benzene rings is 2. The van der Waals surface area contributed by atoms with Crippen molar-refractivity contribution in [1.82, 2.24) is 0 Å². The Bertz CT molecular complexity index is 601. The molecule has 2 aromatic rings. The van der Waals surface area contributed by atoms with Crippen LogP contribution < -0.4 is 9.47 Å². The Labute approximate surface area is 139 Å². The van der Waals surface area contributed by atoms with Crippen LogP contribution in [0, 0.1) is 0 Å². The van der Waals surface area contributed by atoms with Gasteiger partial charge in [0, 0.05) is 25.1 Å². The van der Waals surface area contributed by atoms with E-state index in [1.165, 1.54) is 0 Å². The van der Waals surface area contributed by atoms with E-state index in [4.69, 9.17) is 18.9 Å². The van der Waals surface area contributed by atoms with Crippen molar-refractivity contribution in [2.75, 3.05) is 27.8 Å². The second-order valence-corrected chi connectivity index (χ2v) is 5.60. The summed E-state index contributed by atoms with van der Waals surface area (Å²) in [7, 11) is 3.21. The molecule has 0 aliphatic rings. The lowest BCUT2D eigenvalue weighted by molar-refractivity contribution is 0.0503. The van der Waals surface area contributed by atoms with E-state index >= 15 is 0 Å². The predicted molar refractivity (Wildman–Crippen MR) is 88.4 cm³/mol. The number of hydrogen-bond acceptors (Lipinski definition) is 4. The lowest BCUT2D eigenvalue weighted by atomic mass is 10.0. The van der Waals surface area contributed by atoms with Crippen molar-refractivity contribution in [3.05, 3.63) is 58.1 Å². The Morgan fingerprint density at radius 2 is 1.64 bits per heavy atom. The van der Waals surface area contributed by atoms with Gasteiger partial charge in [0.25, 0.3) is 0 Å². The number of ether oxygens (including phenoxy) is 4. The van der Waals surface area contributed by atoms with E-state index in [1.807, 2.05) is 36.4 Å². The van der Waals surface area contributed by atoms with Crippen LogP contribution in [0.5, 0.6) is 11.5 Å². The van der Waals surface area contributed by atoms with Gasteiger partial charge in [0.05, 0.1) is 0 Å². The maximum Gasteiger partial charge on any atom is 0.188 e. The molecule has 2 aromatic carbocycles. The zero-order valence-corrected chi connectivity index (χ0v) is 14.3. The fraction of sp³-hybridized carbons (Fsp3) is 0.294. The zero-order valence-electron chi connectivity index (χ0n) is 12.7. The summed E-state index contributed by atoms with van der Waals surface area (Å²) in [5.74, 6) is 1.59. The van der Waals surface area contributed by atoms with Crippen molar-refractivity contribution in [2.45, 2.75) is 6.42 Å². The maximum absolute atomic E-state index is 5.60. The van der Waals surface area contributed by atoms with Gasteiger partial charge in [-0.1, -0.05) is 34.1 Å². The molecular formula is C17H19BrO4. The summed E-state index contributed by atoms with van der Waals surface area (Å²) in [6, 6.07) is 13.9. The van der Waals surface area contributed by atoms with E-state index in [2.05, 4.69) is 22.0 Å². The van der Waals surface area contributed by atoms with Gasteiger partial charge in [-0.25, -0.2) is 0 Å². The first kappa shape index (κ1) is 16.8. The Morgan fingerprint density at radius 1 is 0.909 bits per heavy atom. The maximum atomic E-state index is 5.60. The summed E-state index contributed by atoms with van der Waals surface area (Å²) in [6.45, 7) is 0.459. The first-order valence-corrected chi connectivity index (χ1v) is 7.63. The van der Waals surface area contributed by atoms with Crippen LogP contribution in [-0.2, 0) is 15.9 Å². The van der Waals surface area contributed by atoms with Gasteiger partial charge in [-0.05, 0) is 35.4 Å². The fourth-order valence-electron chi connectivity index (χ4n) is 2.07. The first-order chi connectivity index (χ1) is 10.7. The van der Waals surface area contributed by atoms with Gasteiger partial charge in [0.15, 0.2) is 13.6 Å². The van der Waals surface area contributed by atoms with Crippen molar-refractivity contribution in [3.63, 3.8) is 0 Å². The van der Waals surface area contributed by atoms with Crippen LogP contribution in [0.25, 0.3) is 0 Å². The Balaban J connectivity index is 2.18. The fourth-order valence-corrected chi connectivity index (χ4v) is 2.59. The summed E-state index contributed by atoms with van der Waals surface area (Å²) >= 11 is 3.51. The van der Waals surface area contributed by atoms with Crippen molar-refractivity contribution in [3.8, 4) is 11.5 Å². The predicted octanol–water partition coefficient (Wildman–Crippen LogP) is 4.01. The highest BCUT2D eigenvalue weighted by molar-refractivity contribution is 9.10. The van der Waals surface area contributed by atoms with Crippen molar-refractivity contribution in [1.29, 1.82) is 0 Å². The van der Waals surface area contributed by atoms with Crippen LogP contribution in [0.15, 0.2) is 46.9 Å². The molecule has 118 valence electrons. The SMILES string of the molecule is COCOc1cc(Br)cc(Cc2ccccc2OCOC)c1. The average molecular weight is 367 g/mol. The van der Waals surface area contributed by atoms with E-state index in [9.17, 15) is 0 Å². The smallest absolute Gasteiger partial charge is 0.188 e. The number of para-hydroxylation sites is 1. The van der Waals surface area contributed by atoms with Gasteiger partial charge < -0.3 is 18.9 Å². The van der Waals surface area contributed by atoms with E-state index in [1.54, 1.807) is 14.2 Å². The third-order valence-corrected chi connectivity index (χ3v) is 3.43. The van der Waals surface area contributed by atoms with Crippen LogP contribution >= 0.6 is 15.9 Å². The first-order valence-electron chi connectivity index (χ1n) is 6.83. The molecule has 0 saturated carbocycles. The van der Waals surface area contributed by atoms with E-state index < -0.39 is 0 Å². The summed E-state index contributed by atoms with van der Waals surface area (Å²) in [5, 5.41) is 0. The van der Waals surface area contributed by atoms with Gasteiger partial charge in [0.2, 0.25) is 0 Å². The molecule has 2 rings (SSSR count). The van der Waals surface area contributed by atoms with Crippen LogP contribution in [-0.4, -0.2) is 27.8 Å². The van der Waals surface area contributed by atoms with E-state index in [0.717, 1.165) is 33.5 Å². The minimum Gasteiger partial charge on any atom is -0.468 e. The quantitative estimate of drug-likeness (QED) is 0.661. The minimum absolute atomic E-state index is 0.226. The molecule has 0 bridgehead atoms. The summed E-state index contributed by atoms with van der Waals surface area (Å²) in [5.41, 5.74) is 2.21. The lowest BCUT2D eigenvalue weighted by Gasteiger charge is -2.12. The van der Waals surface area contributed by atoms with Gasteiger partial charge in [0.1, 0.15) is 11.5 Å². The van der Waals surface area contributed by atoms with Crippen molar-refractivity contribution < 1.29 is 18.9 Å². The van der Waals surface area contributed by atoms with Gasteiger partial charge >= 0.3 is 0 Å². The molecule has 0 fully saturated rings. The molecule has 0 spiro atoms. The molecule has 0 aromatic heterocycles. The van der Waals surface area contributed by atoms with E-state index in [-0.39, 0.29) is 13.6 Å². The van der Waals surface area contributed by atoms with Gasteiger partial charge in [-0.2, -0.15) is 0 Å². The van der Waals surface area contributed by atoms with Crippen molar-refractivity contribution in [2.24, 2.45) is 0 Å². The monoisotopic (exact) mass is 366 g/mol. The Morgan fingerprint density at radius 3 is 2.41 bits per heavy atom. The zero-order chi connectivity index (χ0) is 15.8. The Kier molecular flexibility index (Phi) is 6.71. The summed E-state index contributed by atoms with van der Waals surface area (Å²) < 4.78 is 22.0. The lowest BCUT2D eigenvalue weighted by Crippen LogP contribution is -2.02. The largest absolute Gasteiger partial charge is 0.468 e. The molecule has 0 atom stereocenters. The molecule has 0 radical (unpaired) electrons. The number of halogens is 1. The molecule has 0 saturated heterocycles. The molecule has 0 N–H and O–H groups in total. The summed E-state index contributed by atoms with van der Waals surface area (Å²) in [6.07, 6.45) is 0.739. The molecule has 5 heteroatoms. The van der Waals surface area contributed by atoms with Gasteiger partial charge in [-0.15, -0.1) is 0 Å². The highest BCUT2D eigenvalue weighted by Gasteiger charge is 2.07. The number of methoxy groups -OCH3 is 2. The summed E-state index contributed by atoms with van der Waals surface area (Å²) in [4.78, 5) is 0. The third kappa shape index (κ3) is 5.02. The van der Waals surface area contributed by atoms with E-state index in [0.29, 0.717) is 0 Å².